The lowest BCUT2D eigenvalue weighted by Gasteiger charge is -2.08. The SMILES string of the molecule is COC(=O)c1c(NC(=O)CCN)sc(C)c1-c1ccc(C)cc1. The summed E-state index contributed by atoms with van der Waals surface area (Å²) in [6.07, 6.45) is 0.206. The van der Waals surface area contributed by atoms with Gasteiger partial charge >= 0.3 is 5.97 Å². The number of ether oxygens (including phenoxy) is 1. The van der Waals surface area contributed by atoms with E-state index in [0.717, 1.165) is 21.6 Å². The fourth-order valence-corrected chi connectivity index (χ4v) is 3.40. The van der Waals surface area contributed by atoms with E-state index in [4.69, 9.17) is 10.5 Å². The van der Waals surface area contributed by atoms with E-state index < -0.39 is 5.97 Å². The molecule has 0 aliphatic rings. The van der Waals surface area contributed by atoms with Crippen LogP contribution in [0.5, 0.6) is 0 Å². The minimum Gasteiger partial charge on any atom is -0.465 e. The van der Waals surface area contributed by atoms with Crippen molar-refractivity contribution < 1.29 is 14.3 Å². The van der Waals surface area contributed by atoms with Crippen LogP contribution < -0.4 is 11.1 Å². The first-order chi connectivity index (χ1) is 11.0. The number of rotatable bonds is 5. The molecule has 0 fully saturated rings. The third kappa shape index (κ3) is 3.78. The summed E-state index contributed by atoms with van der Waals surface area (Å²) in [5.74, 6) is -0.678. The number of anilines is 1. The fourth-order valence-electron chi connectivity index (χ4n) is 2.32. The highest BCUT2D eigenvalue weighted by Gasteiger charge is 2.24. The summed E-state index contributed by atoms with van der Waals surface area (Å²) in [5, 5.41) is 3.27. The molecule has 0 unspecified atom stereocenters. The van der Waals surface area contributed by atoms with Crippen LogP contribution in [0.15, 0.2) is 24.3 Å². The fraction of sp³-hybridized carbons (Fsp3) is 0.294. The van der Waals surface area contributed by atoms with E-state index in [-0.39, 0.29) is 18.9 Å². The van der Waals surface area contributed by atoms with Crippen molar-refractivity contribution in [3.63, 3.8) is 0 Å². The first-order valence-electron chi connectivity index (χ1n) is 7.26. The van der Waals surface area contributed by atoms with E-state index in [1.807, 2.05) is 38.1 Å². The van der Waals surface area contributed by atoms with Crippen LogP contribution in [0, 0.1) is 13.8 Å². The number of amides is 1. The number of hydrogen-bond donors (Lipinski definition) is 2. The van der Waals surface area contributed by atoms with Crippen LogP contribution in [0.4, 0.5) is 5.00 Å². The van der Waals surface area contributed by atoms with Gasteiger partial charge in [-0.1, -0.05) is 29.8 Å². The van der Waals surface area contributed by atoms with Crippen LogP contribution in [0.2, 0.25) is 0 Å². The standard InChI is InChI=1S/C17H20N2O3S/c1-10-4-6-12(7-5-10)14-11(2)23-16(15(14)17(21)22-3)19-13(20)8-9-18/h4-7H,8-9,18H2,1-3H3,(H,19,20). The molecule has 5 nitrogen and oxygen atoms in total. The van der Waals surface area contributed by atoms with E-state index in [1.165, 1.54) is 18.4 Å². The second kappa shape index (κ2) is 7.39. The maximum Gasteiger partial charge on any atom is 0.341 e. The number of esters is 1. The monoisotopic (exact) mass is 332 g/mol. The Bertz CT molecular complexity index is 720. The molecule has 1 aromatic carbocycles. The minimum absolute atomic E-state index is 0.206. The molecule has 0 saturated carbocycles. The maximum absolute atomic E-state index is 12.3. The van der Waals surface area contributed by atoms with E-state index in [9.17, 15) is 9.59 Å². The summed E-state index contributed by atoms with van der Waals surface area (Å²) >= 11 is 1.36. The van der Waals surface area contributed by atoms with Crippen molar-refractivity contribution in [2.75, 3.05) is 19.0 Å². The zero-order valence-corrected chi connectivity index (χ0v) is 14.3. The number of carbonyl (C=O) groups excluding carboxylic acids is 2. The Morgan fingerprint density at radius 3 is 2.43 bits per heavy atom. The summed E-state index contributed by atoms with van der Waals surface area (Å²) < 4.78 is 4.91. The Balaban J connectivity index is 2.53. The Morgan fingerprint density at radius 2 is 1.87 bits per heavy atom. The molecular formula is C17H20N2O3S. The van der Waals surface area contributed by atoms with E-state index in [1.54, 1.807) is 0 Å². The third-order valence-corrected chi connectivity index (χ3v) is 4.46. The Kier molecular flexibility index (Phi) is 5.52. The lowest BCUT2D eigenvalue weighted by molar-refractivity contribution is -0.116. The summed E-state index contributed by atoms with van der Waals surface area (Å²) in [4.78, 5) is 25.0. The molecule has 1 aromatic heterocycles. The zero-order valence-electron chi connectivity index (χ0n) is 13.4. The Hall–Kier alpha value is -2.18. The highest BCUT2D eigenvalue weighted by atomic mass is 32.1. The van der Waals surface area contributed by atoms with Gasteiger partial charge in [0.05, 0.1) is 7.11 Å². The maximum atomic E-state index is 12.3. The van der Waals surface area contributed by atoms with Crippen LogP contribution in [0.25, 0.3) is 11.1 Å². The van der Waals surface area contributed by atoms with Crippen LogP contribution in [-0.4, -0.2) is 25.5 Å². The van der Waals surface area contributed by atoms with Crippen LogP contribution >= 0.6 is 11.3 Å². The van der Waals surface area contributed by atoms with E-state index in [2.05, 4.69) is 5.32 Å². The number of carbonyl (C=O) groups is 2. The van der Waals surface area contributed by atoms with Gasteiger partial charge in [0.25, 0.3) is 0 Å². The predicted octanol–water partition coefficient (Wildman–Crippen LogP) is 3.11. The number of hydrogen-bond acceptors (Lipinski definition) is 5. The lowest BCUT2D eigenvalue weighted by atomic mass is 10.0. The van der Waals surface area contributed by atoms with Crippen molar-refractivity contribution in [3.8, 4) is 11.1 Å². The van der Waals surface area contributed by atoms with Crippen molar-refractivity contribution in [3.05, 3.63) is 40.3 Å². The molecule has 1 heterocycles. The number of thiophene rings is 1. The van der Waals surface area contributed by atoms with Crippen molar-refractivity contribution in [2.24, 2.45) is 5.73 Å². The molecule has 0 saturated heterocycles. The summed E-state index contributed by atoms with van der Waals surface area (Å²) in [6.45, 7) is 4.18. The molecule has 6 heteroatoms. The average molecular weight is 332 g/mol. The molecule has 2 rings (SSSR count). The molecule has 122 valence electrons. The van der Waals surface area contributed by atoms with Crippen molar-refractivity contribution >= 4 is 28.2 Å². The molecule has 0 atom stereocenters. The van der Waals surface area contributed by atoms with Gasteiger partial charge in [-0.2, -0.15) is 0 Å². The molecule has 3 N–H and O–H groups in total. The molecular weight excluding hydrogens is 312 g/mol. The first kappa shape index (κ1) is 17.2. The number of nitrogens with two attached hydrogens (primary N) is 1. The first-order valence-corrected chi connectivity index (χ1v) is 8.08. The Morgan fingerprint density at radius 1 is 1.22 bits per heavy atom. The lowest BCUT2D eigenvalue weighted by Crippen LogP contribution is -2.17. The normalized spacial score (nSPS) is 10.4. The van der Waals surface area contributed by atoms with Gasteiger partial charge in [-0.15, -0.1) is 11.3 Å². The summed E-state index contributed by atoms with van der Waals surface area (Å²) in [6, 6.07) is 7.89. The second-order valence-electron chi connectivity index (χ2n) is 5.18. The van der Waals surface area contributed by atoms with Gasteiger partial charge in [-0.3, -0.25) is 4.79 Å². The van der Waals surface area contributed by atoms with Crippen LogP contribution in [-0.2, 0) is 9.53 Å². The highest BCUT2D eigenvalue weighted by molar-refractivity contribution is 7.17. The van der Waals surface area contributed by atoms with E-state index >= 15 is 0 Å². The molecule has 0 aliphatic heterocycles. The van der Waals surface area contributed by atoms with Gasteiger partial charge in [0.2, 0.25) is 5.91 Å². The molecule has 23 heavy (non-hydrogen) atoms. The molecule has 0 bridgehead atoms. The number of benzene rings is 1. The highest BCUT2D eigenvalue weighted by Crippen LogP contribution is 2.40. The summed E-state index contributed by atoms with van der Waals surface area (Å²) in [5.41, 5.74) is 8.64. The van der Waals surface area contributed by atoms with Gasteiger partial charge in [0.15, 0.2) is 0 Å². The van der Waals surface area contributed by atoms with Gasteiger partial charge in [-0.25, -0.2) is 4.79 Å². The van der Waals surface area contributed by atoms with Gasteiger partial charge < -0.3 is 15.8 Å². The molecule has 1 amide bonds. The zero-order chi connectivity index (χ0) is 17.0. The molecule has 0 radical (unpaired) electrons. The predicted molar refractivity (Wildman–Crippen MR) is 92.9 cm³/mol. The van der Waals surface area contributed by atoms with Gasteiger partial charge in [-0.05, 0) is 19.4 Å². The van der Waals surface area contributed by atoms with Crippen molar-refractivity contribution in [1.82, 2.24) is 0 Å². The smallest absolute Gasteiger partial charge is 0.341 e. The van der Waals surface area contributed by atoms with Gasteiger partial charge in [0.1, 0.15) is 10.6 Å². The molecule has 0 aliphatic carbocycles. The average Bonchev–Trinajstić information content (AvgIpc) is 2.83. The summed E-state index contributed by atoms with van der Waals surface area (Å²) in [7, 11) is 1.33. The number of methoxy groups -OCH3 is 1. The van der Waals surface area contributed by atoms with Crippen molar-refractivity contribution in [2.45, 2.75) is 20.3 Å². The van der Waals surface area contributed by atoms with Crippen molar-refractivity contribution in [1.29, 1.82) is 0 Å². The van der Waals surface area contributed by atoms with Crippen LogP contribution in [0.3, 0.4) is 0 Å². The van der Waals surface area contributed by atoms with Crippen LogP contribution in [0.1, 0.15) is 27.2 Å². The largest absolute Gasteiger partial charge is 0.465 e. The number of aryl methyl sites for hydroxylation is 2. The molecule has 0 spiro atoms. The topological polar surface area (TPSA) is 81.4 Å². The van der Waals surface area contributed by atoms with Gasteiger partial charge in [0, 0.05) is 23.4 Å². The van der Waals surface area contributed by atoms with E-state index in [0.29, 0.717) is 10.6 Å². The molecule has 2 aromatic rings. The second-order valence-corrected chi connectivity index (χ2v) is 6.41. The quantitative estimate of drug-likeness (QED) is 0.824. The minimum atomic E-state index is -0.465. The number of nitrogens with one attached hydrogen (secondary N) is 1. The third-order valence-electron chi connectivity index (χ3n) is 3.44. The Labute approximate surface area is 139 Å².